The highest BCUT2D eigenvalue weighted by atomic mass is 35.5. The molecule has 4 heterocycles. The van der Waals surface area contributed by atoms with E-state index in [1.807, 2.05) is 6.07 Å². The summed E-state index contributed by atoms with van der Waals surface area (Å²) in [5.41, 5.74) is 1.35. The first-order valence-corrected chi connectivity index (χ1v) is 12.6. The van der Waals surface area contributed by atoms with Gasteiger partial charge in [-0.15, -0.1) is 0 Å². The molecule has 198 valence electrons. The van der Waals surface area contributed by atoms with Crippen molar-refractivity contribution in [2.24, 2.45) is 0 Å². The molecule has 3 unspecified atom stereocenters. The van der Waals surface area contributed by atoms with Crippen LogP contribution in [0.15, 0.2) is 18.2 Å². The number of H-pyrrole nitrogens is 1. The molecule has 2 saturated heterocycles. The number of fused-ring (bicyclic) bond motifs is 3. The van der Waals surface area contributed by atoms with Gasteiger partial charge in [0.05, 0.1) is 35.4 Å². The molecule has 37 heavy (non-hydrogen) atoms. The summed E-state index contributed by atoms with van der Waals surface area (Å²) >= 11 is 6.51. The average Bonchev–Trinajstić information content (AvgIpc) is 3.59. The fourth-order valence-corrected chi connectivity index (χ4v) is 5.29. The molecule has 3 aliphatic rings. The SMILES string of the molecule is CC(C)(O)COc1cc(F)c2c(c1)CCC2Nc1nc2nc(O[C@@H]3COC4C3OC[C@H]4O)[nH]c2cc1Cl. The summed E-state index contributed by atoms with van der Waals surface area (Å²) in [7, 11) is 0. The van der Waals surface area contributed by atoms with Crippen molar-refractivity contribution in [2.75, 3.05) is 25.1 Å². The molecule has 12 heteroatoms. The van der Waals surface area contributed by atoms with Crippen LogP contribution in [0.1, 0.15) is 37.4 Å². The zero-order valence-electron chi connectivity index (χ0n) is 20.3. The zero-order valence-corrected chi connectivity index (χ0v) is 21.1. The maximum atomic E-state index is 15.1. The molecule has 0 bridgehead atoms. The number of pyridine rings is 1. The van der Waals surface area contributed by atoms with E-state index in [1.54, 1.807) is 19.9 Å². The van der Waals surface area contributed by atoms with Gasteiger partial charge in [-0.2, -0.15) is 4.98 Å². The van der Waals surface area contributed by atoms with E-state index < -0.39 is 23.9 Å². The minimum atomic E-state index is -1.02. The minimum Gasteiger partial charge on any atom is -0.491 e. The lowest BCUT2D eigenvalue weighted by Gasteiger charge is -2.19. The Morgan fingerprint density at radius 3 is 2.84 bits per heavy atom. The normalized spacial score (nSPS) is 26.9. The van der Waals surface area contributed by atoms with Crippen LogP contribution >= 0.6 is 11.6 Å². The number of hydrogen-bond donors (Lipinski definition) is 4. The maximum Gasteiger partial charge on any atom is 0.296 e. The van der Waals surface area contributed by atoms with Crippen LogP contribution in [-0.2, 0) is 15.9 Å². The summed E-state index contributed by atoms with van der Waals surface area (Å²) in [4.78, 5) is 12.0. The number of aliphatic hydroxyl groups is 2. The number of aromatic nitrogens is 3. The molecule has 0 saturated carbocycles. The first kappa shape index (κ1) is 24.6. The maximum absolute atomic E-state index is 15.1. The predicted molar refractivity (Wildman–Crippen MR) is 132 cm³/mol. The lowest BCUT2D eigenvalue weighted by atomic mass is 10.1. The molecule has 6 rings (SSSR count). The van der Waals surface area contributed by atoms with Gasteiger partial charge >= 0.3 is 0 Å². The second-order valence-corrected chi connectivity index (χ2v) is 10.8. The third kappa shape index (κ3) is 4.82. The summed E-state index contributed by atoms with van der Waals surface area (Å²) in [6, 6.07) is 4.76. The quantitative estimate of drug-likeness (QED) is 0.361. The number of benzene rings is 1. The van der Waals surface area contributed by atoms with E-state index in [9.17, 15) is 10.2 Å². The topological polar surface area (TPSA) is 131 Å². The molecule has 1 aromatic carbocycles. The van der Waals surface area contributed by atoms with E-state index >= 15 is 4.39 Å². The highest BCUT2D eigenvalue weighted by molar-refractivity contribution is 6.33. The van der Waals surface area contributed by atoms with Gasteiger partial charge in [0.2, 0.25) is 0 Å². The number of aromatic amines is 1. The number of hydrogen-bond acceptors (Lipinski definition) is 9. The number of nitrogens with one attached hydrogen (secondary N) is 2. The van der Waals surface area contributed by atoms with Crippen molar-refractivity contribution in [2.45, 2.75) is 62.7 Å². The molecule has 2 fully saturated rings. The van der Waals surface area contributed by atoms with Crippen molar-refractivity contribution in [1.29, 1.82) is 0 Å². The molecule has 0 amide bonds. The van der Waals surface area contributed by atoms with Crippen LogP contribution in [0.3, 0.4) is 0 Å². The van der Waals surface area contributed by atoms with Gasteiger partial charge in [0.25, 0.3) is 6.01 Å². The van der Waals surface area contributed by atoms with E-state index in [4.69, 9.17) is 30.5 Å². The minimum absolute atomic E-state index is 0.0613. The largest absolute Gasteiger partial charge is 0.491 e. The third-order valence-electron chi connectivity index (χ3n) is 6.79. The highest BCUT2D eigenvalue weighted by Gasteiger charge is 2.48. The van der Waals surface area contributed by atoms with Crippen LogP contribution in [-0.4, -0.2) is 75.0 Å². The van der Waals surface area contributed by atoms with Crippen LogP contribution in [0.25, 0.3) is 11.2 Å². The molecule has 2 aromatic heterocycles. The van der Waals surface area contributed by atoms with E-state index in [2.05, 4.69) is 20.3 Å². The predicted octanol–water partition coefficient (Wildman–Crippen LogP) is 2.91. The Balaban J connectivity index is 1.18. The van der Waals surface area contributed by atoms with Gasteiger partial charge in [-0.1, -0.05) is 11.6 Å². The van der Waals surface area contributed by atoms with E-state index in [0.29, 0.717) is 46.2 Å². The van der Waals surface area contributed by atoms with Crippen LogP contribution in [0.5, 0.6) is 11.8 Å². The van der Waals surface area contributed by atoms with Gasteiger partial charge in [-0.05, 0) is 44.4 Å². The molecule has 0 spiro atoms. The Labute approximate surface area is 217 Å². The number of ether oxygens (including phenoxy) is 4. The third-order valence-corrected chi connectivity index (χ3v) is 7.08. The van der Waals surface area contributed by atoms with Crippen LogP contribution in [0.4, 0.5) is 10.2 Å². The second kappa shape index (κ2) is 9.25. The van der Waals surface area contributed by atoms with Crippen molar-refractivity contribution >= 4 is 28.6 Å². The van der Waals surface area contributed by atoms with E-state index in [0.717, 1.165) is 5.56 Å². The Hall–Kier alpha value is -2.70. The summed E-state index contributed by atoms with van der Waals surface area (Å²) in [6.07, 6.45) is -0.534. The van der Waals surface area contributed by atoms with Crippen LogP contribution < -0.4 is 14.8 Å². The summed E-state index contributed by atoms with van der Waals surface area (Å²) in [5.74, 6) is 0.387. The van der Waals surface area contributed by atoms with Gasteiger partial charge in [-0.3, -0.25) is 0 Å². The van der Waals surface area contributed by atoms with Gasteiger partial charge in [0.15, 0.2) is 11.8 Å². The van der Waals surface area contributed by atoms with Crippen LogP contribution in [0, 0.1) is 5.82 Å². The molecule has 2 aliphatic heterocycles. The molecule has 4 N–H and O–H groups in total. The Bertz CT molecular complexity index is 1330. The van der Waals surface area contributed by atoms with Crippen molar-refractivity contribution in [3.05, 3.63) is 40.2 Å². The van der Waals surface area contributed by atoms with E-state index in [-0.39, 0.29) is 43.8 Å². The summed E-state index contributed by atoms with van der Waals surface area (Å²) < 4.78 is 37.8. The number of aliphatic hydroxyl groups excluding tert-OH is 1. The number of halogens is 2. The monoisotopic (exact) mass is 534 g/mol. The fraction of sp³-hybridized carbons (Fsp3) is 0.520. The average molecular weight is 535 g/mol. The molecule has 5 atom stereocenters. The van der Waals surface area contributed by atoms with Crippen molar-refractivity contribution < 1.29 is 33.6 Å². The lowest BCUT2D eigenvalue weighted by Crippen LogP contribution is -2.34. The highest BCUT2D eigenvalue weighted by Crippen LogP contribution is 2.39. The van der Waals surface area contributed by atoms with Gasteiger partial charge in [-0.25, -0.2) is 9.37 Å². The number of anilines is 1. The summed E-state index contributed by atoms with van der Waals surface area (Å²) in [6.45, 7) is 3.81. The first-order valence-electron chi connectivity index (χ1n) is 12.2. The second-order valence-electron chi connectivity index (χ2n) is 10.4. The first-order chi connectivity index (χ1) is 17.6. The molecular weight excluding hydrogens is 507 g/mol. The van der Waals surface area contributed by atoms with E-state index in [1.165, 1.54) is 6.07 Å². The van der Waals surface area contributed by atoms with Crippen molar-refractivity contribution in [3.63, 3.8) is 0 Å². The van der Waals surface area contributed by atoms with Gasteiger partial charge < -0.3 is 39.5 Å². The van der Waals surface area contributed by atoms with Crippen molar-refractivity contribution in [3.8, 4) is 11.8 Å². The molecule has 3 aromatic rings. The zero-order chi connectivity index (χ0) is 25.9. The van der Waals surface area contributed by atoms with Gasteiger partial charge in [0.1, 0.15) is 42.3 Å². The van der Waals surface area contributed by atoms with Gasteiger partial charge in [0, 0.05) is 11.6 Å². The number of aryl methyl sites for hydroxylation is 1. The smallest absolute Gasteiger partial charge is 0.296 e. The summed E-state index contributed by atoms with van der Waals surface area (Å²) in [5, 5.41) is 23.4. The number of rotatable bonds is 7. The fourth-order valence-electron chi connectivity index (χ4n) is 5.08. The molecular formula is C25H28ClFN4O6. The lowest BCUT2D eigenvalue weighted by molar-refractivity contribution is 0.00706. The van der Waals surface area contributed by atoms with Crippen LogP contribution in [0.2, 0.25) is 5.02 Å². The Morgan fingerprint density at radius 2 is 2.03 bits per heavy atom. The Morgan fingerprint density at radius 1 is 1.22 bits per heavy atom. The Kier molecular flexibility index (Phi) is 6.15. The van der Waals surface area contributed by atoms with Crippen molar-refractivity contribution in [1.82, 2.24) is 15.0 Å². The molecule has 1 aliphatic carbocycles. The standard InChI is InChI=1S/C25H28ClFN4O6/c1-25(2,33)10-36-12-5-11-3-4-15(19(11)14(27)6-12)28-22-13(26)7-16-23(30-22)31-24(29-16)37-18-9-35-20-17(32)8-34-21(18)20/h5-7,15,17-18,20-21,32-33H,3-4,8-10H2,1-2H3,(H2,28,29,30,31)/t15?,17-,18-,20?,21?/m1/s1. The number of nitrogens with zero attached hydrogens (tertiary/aromatic N) is 2. The molecule has 0 radical (unpaired) electrons. The molecule has 10 nitrogen and oxygen atoms in total. The number of imidazole rings is 1.